The fourth-order valence-corrected chi connectivity index (χ4v) is 2.38. The van der Waals surface area contributed by atoms with Gasteiger partial charge in [-0.25, -0.2) is 9.07 Å². The lowest BCUT2D eigenvalue weighted by atomic mass is 10.1. The van der Waals surface area contributed by atoms with Crippen LogP contribution in [-0.4, -0.2) is 9.78 Å². The number of aromatic nitrogens is 2. The van der Waals surface area contributed by atoms with Crippen molar-refractivity contribution < 1.29 is 4.39 Å². The van der Waals surface area contributed by atoms with Crippen LogP contribution in [0.1, 0.15) is 16.8 Å². The fraction of sp³-hybridized carbons (Fsp3) is 0.111. The van der Waals surface area contributed by atoms with Crippen LogP contribution >= 0.6 is 0 Å². The van der Waals surface area contributed by atoms with Gasteiger partial charge in [-0.3, -0.25) is 0 Å². The molecule has 3 aromatic rings. The molecule has 1 aromatic heterocycles. The molecule has 0 aliphatic carbocycles. The van der Waals surface area contributed by atoms with E-state index in [1.165, 1.54) is 12.1 Å². The van der Waals surface area contributed by atoms with E-state index >= 15 is 0 Å². The Balaban J connectivity index is 1.80. The van der Waals surface area contributed by atoms with Gasteiger partial charge in [-0.1, -0.05) is 18.2 Å². The second-order valence-corrected chi connectivity index (χ2v) is 5.16. The molecule has 1 N–H and O–H groups in total. The molecule has 0 amide bonds. The number of hydrogen-bond acceptors (Lipinski definition) is 3. The minimum Gasteiger partial charge on any atom is -0.378 e. The molecular formula is C18H15FN4. The van der Waals surface area contributed by atoms with Gasteiger partial charge in [0.2, 0.25) is 0 Å². The number of nitrogens with one attached hydrogen (secondary N) is 1. The van der Waals surface area contributed by atoms with E-state index in [1.807, 2.05) is 48.0 Å². The van der Waals surface area contributed by atoms with Crippen molar-refractivity contribution in [3.63, 3.8) is 0 Å². The van der Waals surface area contributed by atoms with Gasteiger partial charge in [-0.2, -0.15) is 10.4 Å². The van der Waals surface area contributed by atoms with Crippen molar-refractivity contribution in [1.29, 1.82) is 5.26 Å². The van der Waals surface area contributed by atoms with Crippen molar-refractivity contribution in [2.75, 3.05) is 5.32 Å². The van der Waals surface area contributed by atoms with E-state index in [0.29, 0.717) is 17.7 Å². The molecule has 0 aliphatic heterocycles. The molecule has 4 nitrogen and oxygen atoms in total. The minimum atomic E-state index is -0.329. The summed E-state index contributed by atoms with van der Waals surface area (Å²) in [6, 6.07) is 16.2. The highest BCUT2D eigenvalue weighted by Crippen LogP contribution is 2.20. The Hall–Kier alpha value is -3.13. The van der Waals surface area contributed by atoms with E-state index in [0.717, 1.165) is 17.1 Å². The normalized spacial score (nSPS) is 10.3. The zero-order valence-corrected chi connectivity index (χ0v) is 12.6. The first-order valence-electron chi connectivity index (χ1n) is 7.21. The summed E-state index contributed by atoms with van der Waals surface area (Å²) in [6.07, 6.45) is 1.72. The van der Waals surface area contributed by atoms with Crippen LogP contribution in [0.3, 0.4) is 0 Å². The van der Waals surface area contributed by atoms with Gasteiger partial charge in [0.05, 0.1) is 34.9 Å². The Morgan fingerprint density at radius 3 is 2.74 bits per heavy atom. The second kappa shape index (κ2) is 6.32. The molecule has 1 heterocycles. The summed E-state index contributed by atoms with van der Waals surface area (Å²) in [6.45, 7) is 2.24. The third kappa shape index (κ3) is 3.06. The maximum Gasteiger partial charge on any atom is 0.128 e. The number of rotatable bonds is 4. The summed E-state index contributed by atoms with van der Waals surface area (Å²) in [5, 5.41) is 16.4. The molecule has 0 bridgehead atoms. The lowest BCUT2D eigenvalue weighted by Gasteiger charge is -2.08. The first-order valence-corrected chi connectivity index (χ1v) is 7.21. The predicted octanol–water partition coefficient (Wildman–Crippen LogP) is 3.80. The fourth-order valence-electron chi connectivity index (χ4n) is 2.38. The number of halogens is 1. The van der Waals surface area contributed by atoms with E-state index in [4.69, 9.17) is 5.26 Å². The van der Waals surface area contributed by atoms with Crippen molar-refractivity contribution in [3.8, 4) is 11.8 Å². The van der Waals surface area contributed by atoms with Crippen LogP contribution < -0.4 is 5.32 Å². The molecule has 0 saturated carbocycles. The van der Waals surface area contributed by atoms with Crippen molar-refractivity contribution in [2.45, 2.75) is 13.5 Å². The monoisotopic (exact) mass is 306 g/mol. The van der Waals surface area contributed by atoms with Crippen LogP contribution in [0, 0.1) is 24.1 Å². The van der Waals surface area contributed by atoms with E-state index in [-0.39, 0.29) is 5.82 Å². The zero-order chi connectivity index (χ0) is 16.2. The number of para-hydroxylation sites is 1. The molecule has 114 valence electrons. The van der Waals surface area contributed by atoms with Gasteiger partial charge >= 0.3 is 0 Å². The maximum atomic E-state index is 13.8. The Bertz CT molecular complexity index is 862. The zero-order valence-electron chi connectivity index (χ0n) is 12.6. The van der Waals surface area contributed by atoms with Gasteiger partial charge in [-0.05, 0) is 37.3 Å². The summed E-state index contributed by atoms with van der Waals surface area (Å²) < 4.78 is 15.6. The Morgan fingerprint density at radius 1 is 1.22 bits per heavy atom. The molecule has 3 rings (SSSR count). The van der Waals surface area contributed by atoms with Gasteiger partial charge in [-0.15, -0.1) is 0 Å². The average Bonchev–Trinajstić information content (AvgIpc) is 2.96. The third-order valence-electron chi connectivity index (χ3n) is 3.65. The number of benzene rings is 2. The molecule has 0 radical (unpaired) electrons. The van der Waals surface area contributed by atoms with Gasteiger partial charge in [0.1, 0.15) is 5.82 Å². The number of nitriles is 1. The average molecular weight is 306 g/mol. The molecule has 0 saturated heterocycles. The van der Waals surface area contributed by atoms with Gasteiger partial charge in [0, 0.05) is 12.1 Å². The number of nitrogens with zero attached hydrogens (tertiary/aromatic N) is 3. The van der Waals surface area contributed by atoms with Crippen molar-refractivity contribution in [2.24, 2.45) is 0 Å². The summed E-state index contributed by atoms with van der Waals surface area (Å²) in [5.41, 5.74) is 3.63. The summed E-state index contributed by atoms with van der Waals surface area (Å²) in [4.78, 5) is 0. The summed E-state index contributed by atoms with van der Waals surface area (Å²) in [7, 11) is 0. The molecule has 0 atom stereocenters. The Labute approximate surface area is 133 Å². The van der Waals surface area contributed by atoms with Gasteiger partial charge in [0.25, 0.3) is 0 Å². The van der Waals surface area contributed by atoms with Crippen LogP contribution in [0.5, 0.6) is 0 Å². The van der Waals surface area contributed by atoms with E-state index in [9.17, 15) is 4.39 Å². The molecule has 0 unspecified atom stereocenters. The number of hydrogen-bond donors (Lipinski definition) is 1. The highest BCUT2D eigenvalue weighted by molar-refractivity contribution is 5.50. The molecule has 23 heavy (non-hydrogen) atoms. The lowest BCUT2D eigenvalue weighted by Crippen LogP contribution is -2.04. The van der Waals surface area contributed by atoms with Crippen LogP contribution in [0.2, 0.25) is 0 Å². The van der Waals surface area contributed by atoms with E-state index in [2.05, 4.69) is 10.4 Å². The second-order valence-electron chi connectivity index (χ2n) is 5.16. The van der Waals surface area contributed by atoms with Gasteiger partial charge < -0.3 is 5.32 Å². The molecule has 5 heteroatoms. The molecule has 0 fully saturated rings. The third-order valence-corrected chi connectivity index (χ3v) is 3.65. The Morgan fingerprint density at radius 2 is 2.00 bits per heavy atom. The molecule has 0 spiro atoms. The first kappa shape index (κ1) is 14.8. The predicted molar refractivity (Wildman–Crippen MR) is 86.7 cm³/mol. The summed E-state index contributed by atoms with van der Waals surface area (Å²) in [5.74, 6) is -0.329. The minimum absolute atomic E-state index is 0.294. The van der Waals surface area contributed by atoms with Crippen LogP contribution in [0.25, 0.3) is 5.69 Å². The highest BCUT2D eigenvalue weighted by Gasteiger charge is 2.09. The number of anilines is 1. The highest BCUT2D eigenvalue weighted by atomic mass is 19.1. The van der Waals surface area contributed by atoms with E-state index < -0.39 is 0 Å². The quantitative estimate of drug-likeness (QED) is 0.797. The first-order chi connectivity index (χ1) is 11.2. The van der Waals surface area contributed by atoms with Crippen molar-refractivity contribution >= 4 is 5.69 Å². The largest absolute Gasteiger partial charge is 0.378 e. The lowest BCUT2D eigenvalue weighted by molar-refractivity contribution is 0.612. The molecular weight excluding hydrogens is 291 g/mol. The smallest absolute Gasteiger partial charge is 0.128 e. The standard InChI is InChI=1S/C18H15FN4/c1-13-18(12-22-23(13)16-5-3-2-4-6-16)21-11-15-9-14(10-20)7-8-17(15)19/h2-9,12,21H,11H2,1H3. The topological polar surface area (TPSA) is 53.6 Å². The van der Waals surface area contributed by atoms with Gasteiger partial charge in [0.15, 0.2) is 0 Å². The maximum absolute atomic E-state index is 13.8. The Kier molecular flexibility index (Phi) is 4.07. The molecule has 0 aliphatic rings. The molecule has 2 aromatic carbocycles. The van der Waals surface area contributed by atoms with E-state index in [1.54, 1.807) is 12.3 Å². The SMILES string of the molecule is Cc1c(NCc2cc(C#N)ccc2F)cnn1-c1ccccc1. The van der Waals surface area contributed by atoms with Crippen LogP contribution in [0.15, 0.2) is 54.7 Å². The van der Waals surface area contributed by atoms with Crippen molar-refractivity contribution in [1.82, 2.24) is 9.78 Å². The van der Waals surface area contributed by atoms with Crippen molar-refractivity contribution in [3.05, 3.63) is 77.4 Å². The van der Waals surface area contributed by atoms with Crippen LogP contribution in [0.4, 0.5) is 10.1 Å². The van der Waals surface area contributed by atoms with Crippen LogP contribution in [-0.2, 0) is 6.54 Å². The summed E-state index contributed by atoms with van der Waals surface area (Å²) >= 11 is 0.